The van der Waals surface area contributed by atoms with Gasteiger partial charge < -0.3 is 18.9 Å². The molecule has 0 aromatic heterocycles. The Balaban J connectivity index is 0.000000144. The van der Waals surface area contributed by atoms with Crippen LogP contribution in [-0.4, -0.2) is 9.47 Å². The van der Waals surface area contributed by atoms with E-state index in [1.54, 1.807) is 0 Å². The molecule has 4 aromatic rings. The molecule has 0 amide bonds. The lowest BCUT2D eigenvalue weighted by atomic mass is 9.69. The highest BCUT2D eigenvalue weighted by atomic mass is 35.7. The molecule has 4 aromatic carbocycles. The number of rotatable bonds is 0. The predicted octanol–water partition coefficient (Wildman–Crippen LogP) is 0.764. The fourth-order valence-electron chi connectivity index (χ4n) is 7.77. The maximum absolute atomic E-state index is 8.49. The van der Waals surface area contributed by atoms with Gasteiger partial charge in [-0.1, -0.05) is 88.4 Å². The van der Waals surface area contributed by atoms with Crippen LogP contribution in [0.25, 0.3) is 12.2 Å². The van der Waals surface area contributed by atoms with Gasteiger partial charge in [-0.25, -0.2) is 37.3 Å². The van der Waals surface area contributed by atoms with Crippen LogP contribution in [0, 0.1) is 31.3 Å². The molecule has 2 N–H and O–H groups in total. The first-order valence-corrected chi connectivity index (χ1v) is 20.4. The molecule has 6 aliphatic rings. The number of aromatic hydroxyl groups is 2. The van der Waals surface area contributed by atoms with E-state index in [9.17, 15) is 0 Å². The Kier molecular flexibility index (Phi) is 11.0. The number of halogens is 2. The van der Waals surface area contributed by atoms with Crippen LogP contribution < -0.4 is 46.7 Å². The summed E-state index contributed by atoms with van der Waals surface area (Å²) in [5, 5.41) is 0. The van der Waals surface area contributed by atoms with Gasteiger partial charge in [0.15, 0.2) is 0 Å². The number of aliphatic hydroxyl groups is 2. The molecule has 0 spiro atoms. The zero-order valence-electron chi connectivity index (χ0n) is 31.7. The standard InChI is InChI=1S/2C22H18O2.2ClHO4/c2*1-22(2)16-11-14-7-3-5-9-18(14)23-20(16)13-21-17(22)12-15-8-4-6-10-19(15)24-21;2*2-1(3,4)5/h2*3-11,13H,12H2,1-2H3;2*(H,2,3,4,5). The molecule has 300 valence electrons. The molecule has 0 saturated heterocycles. The molecular formula is C44H38Cl2O12. The van der Waals surface area contributed by atoms with Gasteiger partial charge in [0.2, 0.25) is 0 Å². The van der Waals surface area contributed by atoms with E-state index in [4.69, 9.17) is 56.2 Å². The van der Waals surface area contributed by atoms with E-state index in [0.717, 1.165) is 70.0 Å². The molecule has 58 heavy (non-hydrogen) atoms. The van der Waals surface area contributed by atoms with Crippen molar-refractivity contribution < 1.29 is 76.7 Å². The van der Waals surface area contributed by atoms with Crippen LogP contribution in [0.15, 0.2) is 155 Å². The van der Waals surface area contributed by atoms with Crippen LogP contribution in [0.2, 0.25) is 0 Å². The van der Waals surface area contributed by atoms with Crippen LogP contribution in [0.4, 0.5) is 0 Å². The lowest BCUT2D eigenvalue weighted by Gasteiger charge is -2.38. The number of para-hydroxylation sites is 4. The minimum absolute atomic E-state index is 0.0933. The van der Waals surface area contributed by atoms with E-state index < -0.39 is 20.5 Å². The number of benzene rings is 4. The average Bonchev–Trinajstić information content (AvgIpc) is 3.15. The molecule has 0 saturated carbocycles. The first-order valence-electron chi connectivity index (χ1n) is 18.0. The maximum Gasteiger partial charge on any atom is 0.264 e. The minimum atomic E-state index is -4.94. The van der Waals surface area contributed by atoms with E-state index in [-0.39, 0.29) is 10.8 Å². The van der Waals surface area contributed by atoms with Crippen molar-refractivity contribution in [3.05, 3.63) is 177 Å². The van der Waals surface area contributed by atoms with Gasteiger partial charge >= 0.3 is 0 Å². The fraction of sp³-hybridized carbons (Fsp3) is 0.182. The van der Waals surface area contributed by atoms with Crippen molar-refractivity contribution in [2.75, 3.05) is 0 Å². The lowest BCUT2D eigenvalue weighted by Crippen LogP contribution is -2.68. The normalized spacial score (nSPS) is 18.3. The summed E-state index contributed by atoms with van der Waals surface area (Å²) in [6, 6.07) is 33.2. The van der Waals surface area contributed by atoms with Gasteiger partial charge in [-0.15, -0.1) is 20.5 Å². The van der Waals surface area contributed by atoms with Gasteiger partial charge in [0, 0.05) is 69.2 Å². The molecule has 0 atom stereocenters. The Morgan fingerprint density at radius 3 is 1.17 bits per heavy atom. The van der Waals surface area contributed by atoms with E-state index >= 15 is 0 Å². The Labute approximate surface area is 338 Å². The Morgan fingerprint density at radius 1 is 0.466 bits per heavy atom. The molecule has 0 radical (unpaired) electrons. The van der Waals surface area contributed by atoms with E-state index in [0.29, 0.717) is 0 Å². The molecule has 10 rings (SSSR count). The molecule has 0 unspecified atom stereocenters. The monoisotopic (exact) mass is 828 g/mol. The fourth-order valence-corrected chi connectivity index (χ4v) is 7.77. The molecular weight excluding hydrogens is 791 g/mol. The summed E-state index contributed by atoms with van der Waals surface area (Å²) >= 11 is 0. The third-order valence-electron chi connectivity index (χ3n) is 10.6. The minimum Gasteiger partial charge on any atom is -0.546 e. The third-order valence-corrected chi connectivity index (χ3v) is 10.6. The van der Waals surface area contributed by atoms with E-state index in [1.807, 2.05) is 36.4 Å². The van der Waals surface area contributed by atoms with Crippen LogP contribution in [0.1, 0.15) is 49.9 Å². The quantitative estimate of drug-likeness (QED) is 0.226. The smallest absolute Gasteiger partial charge is 0.264 e. The van der Waals surface area contributed by atoms with Crippen molar-refractivity contribution in [2.45, 2.75) is 40.5 Å². The van der Waals surface area contributed by atoms with Gasteiger partial charge in [0.1, 0.15) is 23.0 Å². The molecule has 12 nitrogen and oxygen atoms in total. The van der Waals surface area contributed by atoms with Crippen molar-refractivity contribution >= 4 is 12.2 Å². The summed E-state index contributed by atoms with van der Waals surface area (Å²) in [7, 11) is -9.89. The van der Waals surface area contributed by atoms with Gasteiger partial charge in [-0.05, 0) is 36.4 Å². The van der Waals surface area contributed by atoms with E-state index in [1.165, 1.54) is 33.4 Å². The lowest BCUT2D eigenvalue weighted by molar-refractivity contribution is -2.00. The van der Waals surface area contributed by atoms with Gasteiger partial charge in [0.05, 0.1) is 23.3 Å². The first-order chi connectivity index (χ1) is 27.3. The number of allylic oxidation sites excluding steroid dienone is 6. The zero-order valence-corrected chi connectivity index (χ0v) is 33.2. The SMILES string of the molecule is CC1(C)C2=Cc3ccccc3OC2=CC2=C1Cc1ccccc1[OH+]2.CC1(C)C2=Cc3ccccc3OC2=CC2=C1Cc1ccccc1[OH+]2.[O-][Cl+3]([O-])([O-])[O-].[O-][Cl+3]([O-])([O-])[O-]. The second kappa shape index (κ2) is 15.5. The Morgan fingerprint density at radius 2 is 0.793 bits per heavy atom. The van der Waals surface area contributed by atoms with Crippen molar-refractivity contribution in [3.63, 3.8) is 0 Å². The van der Waals surface area contributed by atoms with Crippen molar-refractivity contribution in [1.29, 1.82) is 0 Å². The Bertz CT molecular complexity index is 2280. The van der Waals surface area contributed by atoms with Crippen LogP contribution in [-0.2, 0) is 12.8 Å². The van der Waals surface area contributed by atoms with Gasteiger partial charge in [-0.3, -0.25) is 0 Å². The second-order valence-electron chi connectivity index (χ2n) is 15.0. The summed E-state index contributed by atoms with van der Waals surface area (Å²) in [5.74, 6) is 7.98. The van der Waals surface area contributed by atoms with Gasteiger partial charge in [0.25, 0.3) is 23.0 Å². The van der Waals surface area contributed by atoms with Gasteiger partial charge in [-0.2, -0.15) is 0 Å². The number of fused-ring (bicyclic) bond motifs is 6. The highest BCUT2D eigenvalue weighted by Gasteiger charge is 2.45. The predicted molar refractivity (Wildman–Crippen MR) is 191 cm³/mol. The molecule has 2 aliphatic carbocycles. The third kappa shape index (κ3) is 8.92. The molecule has 4 heterocycles. The van der Waals surface area contributed by atoms with E-state index in [2.05, 4.69) is 113 Å². The van der Waals surface area contributed by atoms with Crippen molar-refractivity contribution in [2.24, 2.45) is 10.8 Å². The maximum atomic E-state index is 8.49. The molecule has 0 fully saturated rings. The second-order valence-corrected chi connectivity index (χ2v) is 16.5. The van der Waals surface area contributed by atoms with Crippen molar-refractivity contribution in [1.82, 2.24) is 0 Å². The first kappa shape index (κ1) is 41.0. The molecule has 4 aliphatic heterocycles. The van der Waals surface area contributed by atoms with Crippen LogP contribution in [0.3, 0.4) is 0 Å². The van der Waals surface area contributed by atoms with Crippen LogP contribution >= 0.6 is 0 Å². The average molecular weight is 830 g/mol. The van der Waals surface area contributed by atoms with Crippen LogP contribution in [0.5, 0.6) is 23.0 Å². The Hall–Kier alpha value is -5.22. The summed E-state index contributed by atoms with van der Waals surface area (Å²) in [6.45, 7) is 9.12. The highest BCUT2D eigenvalue weighted by molar-refractivity contribution is 5.73. The highest BCUT2D eigenvalue weighted by Crippen LogP contribution is 2.53. The molecule has 0 bridgehead atoms. The molecule has 14 heteroatoms. The number of ether oxygens (including phenoxy) is 4. The number of hydrogen-bond donors (Lipinski definition) is 0. The zero-order chi connectivity index (χ0) is 41.6. The van der Waals surface area contributed by atoms with Crippen molar-refractivity contribution in [3.8, 4) is 23.0 Å². The summed E-state index contributed by atoms with van der Waals surface area (Å²) in [6.07, 6.45) is 10.7. The number of hydrogen-bond acceptors (Lipinski definition) is 10. The topological polar surface area (TPSA) is 229 Å². The summed E-state index contributed by atoms with van der Waals surface area (Å²) in [4.78, 5) is 0. The largest absolute Gasteiger partial charge is 0.546 e. The summed E-state index contributed by atoms with van der Waals surface area (Å²) in [5.41, 5.74) is 9.96. The summed E-state index contributed by atoms with van der Waals surface area (Å²) < 4.78 is 90.2.